The van der Waals surface area contributed by atoms with Gasteiger partial charge in [-0.25, -0.2) is 9.97 Å². The van der Waals surface area contributed by atoms with Gasteiger partial charge in [0.2, 0.25) is 5.82 Å². The van der Waals surface area contributed by atoms with Gasteiger partial charge in [-0.05, 0) is 17.1 Å². The first-order valence-electron chi connectivity index (χ1n) is 7.00. The lowest BCUT2D eigenvalue weighted by Gasteiger charge is -2.09. The molecule has 120 valence electrons. The first-order valence-corrected chi connectivity index (χ1v) is 7.00. The molecule has 2 aromatic heterocycles. The summed E-state index contributed by atoms with van der Waals surface area (Å²) in [5.74, 6) is 0.211. The summed E-state index contributed by atoms with van der Waals surface area (Å²) >= 11 is 0. The van der Waals surface area contributed by atoms with E-state index in [1.54, 1.807) is 10.6 Å². The zero-order valence-corrected chi connectivity index (χ0v) is 12.3. The lowest BCUT2D eigenvalue weighted by atomic mass is 10.3. The largest absolute Gasteiger partial charge is 0.395 e. The van der Waals surface area contributed by atoms with Crippen LogP contribution in [0.4, 0.5) is 5.82 Å². The minimum Gasteiger partial charge on any atom is -0.395 e. The SMILES string of the molecule is CC(O)n1c([N+](=O)[O-])cnc1-c1nc2ccccc2n1CCO. The molecule has 1 atom stereocenters. The maximum absolute atomic E-state index is 11.1. The van der Waals surface area contributed by atoms with Crippen molar-refractivity contribution in [3.63, 3.8) is 0 Å². The second kappa shape index (κ2) is 5.78. The highest BCUT2D eigenvalue weighted by molar-refractivity contribution is 5.79. The Morgan fingerprint density at radius 1 is 1.35 bits per heavy atom. The number of hydrogen-bond donors (Lipinski definition) is 2. The number of aromatic nitrogens is 4. The third kappa shape index (κ3) is 2.45. The third-order valence-electron chi connectivity index (χ3n) is 3.52. The Morgan fingerprint density at radius 3 is 2.74 bits per heavy atom. The molecule has 0 amide bonds. The van der Waals surface area contributed by atoms with E-state index in [0.29, 0.717) is 11.3 Å². The summed E-state index contributed by atoms with van der Waals surface area (Å²) in [6, 6.07) is 7.31. The standard InChI is InChI=1S/C14H15N5O4/c1-9(21)18-12(19(22)23)8-15-13(18)14-16-10-4-2-3-5-11(10)17(14)6-7-20/h2-5,8-9,20-21H,6-7H2,1H3. The number of imidazole rings is 2. The fourth-order valence-corrected chi connectivity index (χ4v) is 2.59. The van der Waals surface area contributed by atoms with Crippen LogP contribution in [-0.2, 0) is 6.54 Å². The highest BCUT2D eigenvalue weighted by Gasteiger charge is 2.28. The molecule has 9 nitrogen and oxygen atoms in total. The van der Waals surface area contributed by atoms with Crippen molar-refractivity contribution < 1.29 is 15.1 Å². The molecule has 1 unspecified atom stereocenters. The molecule has 23 heavy (non-hydrogen) atoms. The second-order valence-corrected chi connectivity index (χ2v) is 5.00. The fraction of sp³-hybridized carbons (Fsp3) is 0.286. The Hall–Kier alpha value is -2.78. The van der Waals surface area contributed by atoms with Gasteiger partial charge in [0.05, 0.1) is 17.6 Å². The molecule has 0 fully saturated rings. The number of rotatable bonds is 5. The van der Waals surface area contributed by atoms with Crippen molar-refractivity contribution in [2.75, 3.05) is 6.61 Å². The van der Waals surface area contributed by atoms with Gasteiger partial charge in [-0.2, -0.15) is 4.57 Å². The van der Waals surface area contributed by atoms with Crippen molar-refractivity contribution in [1.29, 1.82) is 0 Å². The molecule has 0 radical (unpaired) electrons. The van der Waals surface area contributed by atoms with Gasteiger partial charge < -0.3 is 24.9 Å². The van der Waals surface area contributed by atoms with E-state index in [1.807, 2.05) is 18.2 Å². The van der Waals surface area contributed by atoms with Crippen LogP contribution in [0.5, 0.6) is 0 Å². The topological polar surface area (TPSA) is 119 Å². The van der Waals surface area contributed by atoms with Gasteiger partial charge in [-0.3, -0.25) is 0 Å². The summed E-state index contributed by atoms with van der Waals surface area (Å²) in [5.41, 5.74) is 1.46. The number of para-hydroxylation sites is 2. The number of hydrogen-bond acceptors (Lipinski definition) is 6. The van der Waals surface area contributed by atoms with Crippen LogP contribution in [-0.4, -0.2) is 40.8 Å². The van der Waals surface area contributed by atoms with E-state index in [4.69, 9.17) is 0 Å². The molecule has 0 bridgehead atoms. The molecule has 2 N–H and O–H groups in total. The number of nitrogens with zero attached hydrogens (tertiary/aromatic N) is 5. The summed E-state index contributed by atoms with van der Waals surface area (Å²) in [6.45, 7) is 1.55. The molecule has 1 aromatic carbocycles. The summed E-state index contributed by atoms with van der Waals surface area (Å²) in [5, 5.41) is 30.3. The van der Waals surface area contributed by atoms with Crippen LogP contribution in [0, 0.1) is 10.1 Å². The third-order valence-corrected chi connectivity index (χ3v) is 3.52. The fourth-order valence-electron chi connectivity index (χ4n) is 2.59. The molecule has 9 heteroatoms. The van der Waals surface area contributed by atoms with Gasteiger partial charge in [0.15, 0.2) is 6.23 Å². The Morgan fingerprint density at radius 2 is 2.09 bits per heavy atom. The van der Waals surface area contributed by atoms with E-state index in [9.17, 15) is 20.3 Å². The average molecular weight is 317 g/mol. The van der Waals surface area contributed by atoms with Crippen LogP contribution in [0.2, 0.25) is 0 Å². The molecular weight excluding hydrogens is 302 g/mol. The number of nitro groups is 1. The number of benzene rings is 1. The summed E-state index contributed by atoms with van der Waals surface area (Å²) in [7, 11) is 0. The van der Waals surface area contributed by atoms with Crippen molar-refractivity contribution in [3.05, 3.63) is 40.6 Å². The van der Waals surface area contributed by atoms with Crippen LogP contribution in [0.1, 0.15) is 13.2 Å². The molecule has 0 aliphatic heterocycles. The molecular formula is C14H15N5O4. The van der Waals surface area contributed by atoms with Crippen molar-refractivity contribution in [2.24, 2.45) is 0 Å². The quantitative estimate of drug-likeness (QED) is 0.541. The van der Waals surface area contributed by atoms with Crippen molar-refractivity contribution in [2.45, 2.75) is 19.7 Å². The molecule has 2 heterocycles. The van der Waals surface area contributed by atoms with Gasteiger partial charge in [-0.1, -0.05) is 12.1 Å². The number of aliphatic hydroxyl groups is 2. The van der Waals surface area contributed by atoms with E-state index < -0.39 is 11.2 Å². The van der Waals surface area contributed by atoms with Gasteiger partial charge >= 0.3 is 5.82 Å². The van der Waals surface area contributed by atoms with Crippen LogP contribution >= 0.6 is 0 Å². The molecule has 3 rings (SSSR count). The maximum Gasteiger partial charge on any atom is 0.345 e. The zero-order valence-electron chi connectivity index (χ0n) is 12.3. The lowest BCUT2D eigenvalue weighted by molar-refractivity contribution is -0.393. The molecule has 0 saturated heterocycles. The summed E-state index contributed by atoms with van der Waals surface area (Å²) in [6.07, 6.45) is -0.0553. The van der Waals surface area contributed by atoms with Gasteiger partial charge in [0.25, 0.3) is 5.82 Å². The van der Waals surface area contributed by atoms with Crippen molar-refractivity contribution in [3.8, 4) is 11.6 Å². The number of aliphatic hydroxyl groups excluding tert-OH is 2. The molecule has 0 saturated carbocycles. The van der Waals surface area contributed by atoms with Crippen molar-refractivity contribution in [1.82, 2.24) is 19.1 Å². The Balaban J connectivity index is 2.28. The van der Waals surface area contributed by atoms with Crippen LogP contribution in [0.3, 0.4) is 0 Å². The van der Waals surface area contributed by atoms with Crippen LogP contribution in [0.15, 0.2) is 30.5 Å². The molecule has 0 aliphatic carbocycles. The first-order chi connectivity index (χ1) is 11.0. The Labute approximate surface area is 130 Å². The van der Waals surface area contributed by atoms with Gasteiger partial charge in [0.1, 0.15) is 6.20 Å². The monoisotopic (exact) mass is 317 g/mol. The molecule has 0 spiro atoms. The summed E-state index contributed by atoms with van der Waals surface area (Å²) in [4.78, 5) is 19.0. The van der Waals surface area contributed by atoms with Gasteiger partial charge in [0, 0.05) is 13.5 Å². The van der Waals surface area contributed by atoms with Crippen LogP contribution in [0.25, 0.3) is 22.7 Å². The summed E-state index contributed by atoms with van der Waals surface area (Å²) < 4.78 is 2.83. The van der Waals surface area contributed by atoms with E-state index >= 15 is 0 Å². The highest BCUT2D eigenvalue weighted by atomic mass is 16.6. The predicted molar refractivity (Wildman–Crippen MR) is 81.6 cm³/mol. The normalized spacial score (nSPS) is 12.7. The van der Waals surface area contributed by atoms with E-state index in [-0.39, 0.29) is 24.8 Å². The Kier molecular flexibility index (Phi) is 3.80. The van der Waals surface area contributed by atoms with Crippen molar-refractivity contribution >= 4 is 16.9 Å². The van der Waals surface area contributed by atoms with E-state index in [1.165, 1.54) is 6.92 Å². The number of fused-ring (bicyclic) bond motifs is 1. The van der Waals surface area contributed by atoms with E-state index in [2.05, 4.69) is 9.97 Å². The maximum atomic E-state index is 11.1. The zero-order chi connectivity index (χ0) is 16.6. The van der Waals surface area contributed by atoms with E-state index in [0.717, 1.165) is 16.3 Å². The lowest BCUT2D eigenvalue weighted by Crippen LogP contribution is -2.12. The minimum atomic E-state index is -1.14. The van der Waals surface area contributed by atoms with Crippen LogP contribution < -0.4 is 0 Å². The van der Waals surface area contributed by atoms with Gasteiger partial charge in [-0.15, -0.1) is 0 Å². The predicted octanol–water partition coefficient (Wildman–Crippen LogP) is 1.31. The molecule has 0 aliphatic rings. The minimum absolute atomic E-state index is 0.120. The molecule has 3 aromatic rings. The highest BCUT2D eigenvalue weighted by Crippen LogP contribution is 2.29. The average Bonchev–Trinajstić information content (AvgIpc) is 3.09. The first kappa shape index (κ1) is 15.1. The second-order valence-electron chi connectivity index (χ2n) is 5.00. The smallest absolute Gasteiger partial charge is 0.345 e. The Bertz CT molecular complexity index is 867.